The van der Waals surface area contributed by atoms with Crippen LogP contribution in [0.1, 0.15) is 23.7 Å². The Bertz CT molecular complexity index is 983. The van der Waals surface area contributed by atoms with E-state index in [9.17, 15) is 18.4 Å². The number of benzene rings is 1. The summed E-state index contributed by atoms with van der Waals surface area (Å²) in [4.78, 5) is 28.2. The summed E-state index contributed by atoms with van der Waals surface area (Å²) < 4.78 is 32.8. The van der Waals surface area contributed by atoms with Crippen LogP contribution in [0.15, 0.2) is 29.1 Å². The van der Waals surface area contributed by atoms with E-state index in [-0.39, 0.29) is 17.9 Å². The number of likely N-dealkylation sites (tertiary alicyclic amines) is 1. The maximum atomic E-state index is 13.6. The number of alkyl halides is 2. The van der Waals surface area contributed by atoms with Crippen LogP contribution in [-0.4, -0.2) is 46.9 Å². The second-order valence-electron chi connectivity index (χ2n) is 6.61. The van der Waals surface area contributed by atoms with Crippen molar-refractivity contribution in [1.29, 1.82) is 5.26 Å². The number of fused-ring (bicyclic) bond motifs is 1. The molecule has 1 unspecified atom stereocenters. The average Bonchev–Trinajstić information content (AvgIpc) is 2.93. The van der Waals surface area contributed by atoms with Crippen molar-refractivity contribution in [2.24, 2.45) is 5.73 Å². The van der Waals surface area contributed by atoms with Crippen molar-refractivity contribution in [3.63, 3.8) is 0 Å². The summed E-state index contributed by atoms with van der Waals surface area (Å²) in [5.41, 5.74) is 5.16. The van der Waals surface area contributed by atoms with E-state index in [2.05, 4.69) is 4.98 Å². The normalized spacial score (nSPS) is 20.3. The molecule has 1 saturated heterocycles. The molecule has 2 heterocycles. The molecule has 2 aromatic rings. The van der Waals surface area contributed by atoms with Crippen molar-refractivity contribution in [2.75, 3.05) is 13.2 Å². The summed E-state index contributed by atoms with van der Waals surface area (Å²) in [6.07, 6.45) is -0.545. The molecule has 2 atom stereocenters. The maximum Gasteiger partial charge on any atom is 0.291 e. The molecule has 1 aromatic heterocycles. The molecule has 9 heteroatoms. The number of carbonyl (C=O) groups is 1. The maximum absolute atomic E-state index is 13.6. The number of hydrogen-bond donors (Lipinski definition) is 2. The zero-order valence-electron chi connectivity index (χ0n) is 14.5. The minimum Gasteiger partial charge on any atom is -0.486 e. The number of hydrogen-bond acceptors (Lipinski definition) is 5. The van der Waals surface area contributed by atoms with Crippen LogP contribution in [0, 0.1) is 11.3 Å². The minimum atomic E-state index is -2.95. The number of halogens is 2. The number of ether oxygens (including phenoxy) is 1. The van der Waals surface area contributed by atoms with E-state index in [1.165, 1.54) is 4.90 Å². The van der Waals surface area contributed by atoms with Crippen LogP contribution >= 0.6 is 0 Å². The lowest BCUT2D eigenvalue weighted by Crippen LogP contribution is -2.41. The molecular formula is C18H18F2N4O3. The topological polar surface area (TPSA) is 112 Å². The fourth-order valence-electron chi connectivity index (χ4n) is 3.33. The van der Waals surface area contributed by atoms with Gasteiger partial charge in [0.25, 0.3) is 17.4 Å². The number of nitrogens with one attached hydrogen (secondary N) is 1. The first-order valence-electron chi connectivity index (χ1n) is 8.34. The summed E-state index contributed by atoms with van der Waals surface area (Å²) in [5, 5.41) is 9.53. The summed E-state index contributed by atoms with van der Waals surface area (Å²) in [6.45, 7) is 0.896. The van der Waals surface area contributed by atoms with Gasteiger partial charge in [0.1, 0.15) is 12.6 Å². The van der Waals surface area contributed by atoms with Crippen LogP contribution in [0.4, 0.5) is 8.78 Å². The van der Waals surface area contributed by atoms with Crippen molar-refractivity contribution in [3.8, 4) is 11.8 Å². The van der Waals surface area contributed by atoms with Crippen LogP contribution in [0.2, 0.25) is 0 Å². The molecule has 142 valence electrons. The third-order valence-corrected chi connectivity index (χ3v) is 4.61. The fourth-order valence-corrected chi connectivity index (χ4v) is 3.33. The molecule has 27 heavy (non-hydrogen) atoms. The van der Waals surface area contributed by atoms with Gasteiger partial charge in [-0.05, 0) is 13.0 Å². The van der Waals surface area contributed by atoms with Gasteiger partial charge in [-0.2, -0.15) is 5.26 Å². The highest BCUT2D eigenvalue weighted by Gasteiger charge is 2.46. The summed E-state index contributed by atoms with van der Waals surface area (Å²) in [5.74, 6) is -4.04. The van der Waals surface area contributed by atoms with Gasteiger partial charge in [0.05, 0.1) is 18.2 Å². The first-order chi connectivity index (χ1) is 12.7. The Hall–Kier alpha value is -2.99. The van der Waals surface area contributed by atoms with Crippen LogP contribution in [0.25, 0.3) is 10.9 Å². The van der Waals surface area contributed by atoms with Gasteiger partial charge in [0, 0.05) is 23.4 Å². The molecule has 1 fully saturated rings. The highest BCUT2D eigenvalue weighted by Crippen LogP contribution is 2.33. The van der Waals surface area contributed by atoms with Crippen molar-refractivity contribution in [3.05, 3.63) is 40.2 Å². The molecule has 7 nitrogen and oxygen atoms in total. The average molecular weight is 376 g/mol. The molecule has 1 amide bonds. The minimum absolute atomic E-state index is 0.0647. The van der Waals surface area contributed by atoms with Crippen LogP contribution in [0.5, 0.6) is 5.75 Å². The smallest absolute Gasteiger partial charge is 0.291 e. The highest BCUT2D eigenvalue weighted by molar-refractivity contribution is 6.07. The van der Waals surface area contributed by atoms with Crippen molar-refractivity contribution < 1.29 is 18.3 Å². The molecule has 0 bridgehead atoms. The number of aromatic nitrogens is 1. The molecule has 1 aliphatic heterocycles. The lowest BCUT2D eigenvalue weighted by molar-refractivity contribution is 0.00606. The Kier molecular flexibility index (Phi) is 4.85. The van der Waals surface area contributed by atoms with E-state index in [0.717, 1.165) is 0 Å². The van der Waals surface area contributed by atoms with Gasteiger partial charge < -0.3 is 15.5 Å². The quantitative estimate of drug-likeness (QED) is 0.824. The van der Waals surface area contributed by atoms with Crippen molar-refractivity contribution in [2.45, 2.75) is 31.4 Å². The summed E-state index contributed by atoms with van der Waals surface area (Å²) in [6, 6.07) is 6.97. The number of carbonyl (C=O) groups excluding carboxylic acids is 1. The zero-order chi connectivity index (χ0) is 19.8. The Labute approximate surface area is 153 Å². The number of nitrogens with two attached hydrogens (primary N) is 1. The summed E-state index contributed by atoms with van der Waals surface area (Å²) in [7, 11) is 0. The van der Waals surface area contributed by atoms with Gasteiger partial charge in [-0.15, -0.1) is 0 Å². The number of nitrogens with zero attached hydrogens (tertiary/aromatic N) is 2. The second-order valence-corrected chi connectivity index (χ2v) is 6.61. The zero-order valence-corrected chi connectivity index (χ0v) is 14.5. The predicted octanol–water partition coefficient (Wildman–Crippen LogP) is 1.63. The van der Waals surface area contributed by atoms with Gasteiger partial charge in [-0.3, -0.25) is 14.5 Å². The van der Waals surface area contributed by atoms with Crippen LogP contribution in [0.3, 0.4) is 0 Å². The Morgan fingerprint density at radius 2 is 2.22 bits per heavy atom. The van der Waals surface area contributed by atoms with Gasteiger partial charge in [0.15, 0.2) is 5.75 Å². The molecule has 3 rings (SSSR count). The molecule has 0 spiro atoms. The van der Waals surface area contributed by atoms with Crippen molar-refractivity contribution in [1.82, 2.24) is 9.88 Å². The van der Waals surface area contributed by atoms with Gasteiger partial charge >= 0.3 is 0 Å². The first-order valence-corrected chi connectivity index (χ1v) is 8.34. The van der Waals surface area contributed by atoms with Crippen molar-refractivity contribution >= 4 is 16.8 Å². The van der Waals surface area contributed by atoms with E-state index < -0.39 is 42.4 Å². The first kappa shape index (κ1) is 18.8. The summed E-state index contributed by atoms with van der Waals surface area (Å²) >= 11 is 0. The largest absolute Gasteiger partial charge is 0.486 e. The van der Waals surface area contributed by atoms with Crippen LogP contribution in [-0.2, 0) is 0 Å². The van der Waals surface area contributed by atoms with E-state index >= 15 is 0 Å². The molecular weight excluding hydrogens is 358 g/mol. The number of para-hydroxylation sites is 1. The van der Waals surface area contributed by atoms with Crippen LogP contribution < -0.4 is 16.0 Å². The van der Waals surface area contributed by atoms with E-state index in [4.69, 9.17) is 15.7 Å². The number of amides is 1. The van der Waals surface area contributed by atoms with Gasteiger partial charge in [0.2, 0.25) is 0 Å². The highest BCUT2D eigenvalue weighted by atomic mass is 19.3. The number of pyridine rings is 1. The van der Waals surface area contributed by atoms with E-state index in [1.807, 2.05) is 6.07 Å². The van der Waals surface area contributed by atoms with Gasteiger partial charge in [-0.25, -0.2) is 8.78 Å². The fraction of sp³-hybridized carbons (Fsp3) is 0.389. The Morgan fingerprint density at radius 3 is 2.89 bits per heavy atom. The molecule has 1 aromatic carbocycles. The molecule has 1 aliphatic rings. The molecule has 3 N–H and O–H groups in total. The monoisotopic (exact) mass is 376 g/mol. The van der Waals surface area contributed by atoms with E-state index in [1.54, 1.807) is 31.2 Å². The standard InChI is InChI=1S/C18H18F2N4O3/c1-10(24-9-18(19,20)6-11(24)7-21)8-27-15-14(16(22)25)12-4-2-3-5-13(12)23-17(15)26/h2-5,10-11H,6,8-9H2,1H3,(H2,22,25)(H,23,26)/t10?,11-/m0/s1. The SMILES string of the molecule is CC(COc1c(C(N)=O)c2ccccc2[nH]c1=O)N1CC(F)(F)C[C@H]1C#N. The number of rotatable bonds is 5. The third kappa shape index (κ3) is 3.61. The molecule has 0 radical (unpaired) electrons. The number of H-pyrrole nitrogens is 1. The van der Waals surface area contributed by atoms with Gasteiger partial charge in [-0.1, -0.05) is 18.2 Å². The number of aromatic amines is 1. The van der Waals surface area contributed by atoms with E-state index in [0.29, 0.717) is 10.9 Å². The molecule has 0 saturated carbocycles. The number of primary amides is 1. The Morgan fingerprint density at radius 1 is 1.52 bits per heavy atom. The Balaban J connectivity index is 1.88. The second kappa shape index (κ2) is 6.96. The third-order valence-electron chi connectivity index (χ3n) is 4.61. The predicted molar refractivity (Wildman–Crippen MR) is 93.7 cm³/mol. The number of nitriles is 1. The molecule has 0 aliphatic carbocycles. The lowest BCUT2D eigenvalue weighted by atomic mass is 10.1. The lowest BCUT2D eigenvalue weighted by Gasteiger charge is -2.26.